The molecule has 2 atom stereocenters. The van der Waals surface area contributed by atoms with Crippen LogP contribution in [0.2, 0.25) is 0 Å². The molecule has 0 amide bonds. The van der Waals surface area contributed by atoms with Gasteiger partial charge in [-0.05, 0) is 37.3 Å². The van der Waals surface area contributed by atoms with Crippen LogP contribution < -0.4 is 5.32 Å². The van der Waals surface area contributed by atoms with E-state index in [0.717, 1.165) is 12.8 Å². The third kappa shape index (κ3) is 2.99. The van der Waals surface area contributed by atoms with Gasteiger partial charge in [0.15, 0.2) is 0 Å². The Balaban J connectivity index is 1.58. The Kier molecular flexibility index (Phi) is 3.67. The zero-order chi connectivity index (χ0) is 13.8. The third-order valence-electron chi connectivity index (χ3n) is 3.55. The van der Waals surface area contributed by atoms with Gasteiger partial charge in [-0.3, -0.25) is 4.98 Å². The Morgan fingerprint density at radius 3 is 2.85 bits per heavy atom. The van der Waals surface area contributed by atoms with Crippen molar-refractivity contribution >= 4 is 5.95 Å². The van der Waals surface area contributed by atoms with Gasteiger partial charge >= 0.3 is 0 Å². The Bertz CT molecular complexity index is 596. The molecule has 0 aromatic carbocycles. The van der Waals surface area contributed by atoms with Gasteiger partial charge in [0.25, 0.3) is 0 Å². The molecule has 1 aliphatic carbocycles. The average molecular weight is 267 g/mol. The second-order valence-electron chi connectivity index (χ2n) is 5.06. The highest BCUT2D eigenvalue weighted by Crippen LogP contribution is 2.24. The molecule has 0 saturated carbocycles. The molecule has 5 nitrogen and oxygen atoms in total. The molecule has 102 valence electrons. The molecular formula is C15H17N5. The number of aryl methyl sites for hydroxylation is 1. The number of rotatable bonds is 4. The van der Waals surface area contributed by atoms with Crippen molar-refractivity contribution in [3.05, 3.63) is 54.4 Å². The maximum atomic E-state index is 4.46. The molecule has 1 aliphatic rings. The average Bonchev–Trinajstić information content (AvgIpc) is 2.90. The summed E-state index contributed by atoms with van der Waals surface area (Å²) in [5, 5.41) is 3.30. The minimum atomic E-state index is 0.284. The molecule has 20 heavy (non-hydrogen) atoms. The highest BCUT2D eigenvalue weighted by molar-refractivity contribution is 5.29. The van der Waals surface area contributed by atoms with Crippen molar-refractivity contribution in [3.63, 3.8) is 0 Å². The molecule has 0 fully saturated rings. The summed E-state index contributed by atoms with van der Waals surface area (Å²) in [6.45, 7) is 2.11. The van der Waals surface area contributed by atoms with Crippen molar-refractivity contribution in [2.45, 2.75) is 25.8 Å². The molecule has 1 N–H and O–H groups in total. The summed E-state index contributed by atoms with van der Waals surface area (Å²) in [4.78, 5) is 16.4. The van der Waals surface area contributed by atoms with Crippen LogP contribution in [0.1, 0.15) is 17.7 Å². The first-order valence-electron chi connectivity index (χ1n) is 6.78. The largest absolute Gasteiger partial charge is 0.348 e. The van der Waals surface area contributed by atoms with Crippen molar-refractivity contribution < 1.29 is 0 Å². The standard InChI is InChI=1S/C15H17N5/c1-11-3-2-6-17-14(11)8-12-4-5-13(7-12)20-15-18-9-16-10-19-15/h2-6,9-10,12-13H,7-8H2,1H3,(H,16,18,19,20). The summed E-state index contributed by atoms with van der Waals surface area (Å²) in [5.41, 5.74) is 2.44. The summed E-state index contributed by atoms with van der Waals surface area (Å²) < 4.78 is 0. The van der Waals surface area contributed by atoms with Crippen LogP contribution >= 0.6 is 0 Å². The van der Waals surface area contributed by atoms with Gasteiger partial charge < -0.3 is 5.32 Å². The molecule has 0 saturated heterocycles. The maximum Gasteiger partial charge on any atom is 0.226 e. The van der Waals surface area contributed by atoms with E-state index < -0.39 is 0 Å². The third-order valence-corrected chi connectivity index (χ3v) is 3.55. The second-order valence-corrected chi connectivity index (χ2v) is 5.06. The van der Waals surface area contributed by atoms with Gasteiger partial charge in [-0.15, -0.1) is 0 Å². The van der Waals surface area contributed by atoms with E-state index in [4.69, 9.17) is 0 Å². The minimum absolute atomic E-state index is 0.284. The fourth-order valence-electron chi connectivity index (χ4n) is 2.49. The first kappa shape index (κ1) is 12.7. The number of hydrogen-bond acceptors (Lipinski definition) is 5. The number of nitrogens with zero attached hydrogens (tertiary/aromatic N) is 4. The fraction of sp³-hybridized carbons (Fsp3) is 0.333. The normalized spacial score (nSPS) is 21.1. The predicted octanol–water partition coefficient (Wildman–Crippen LogP) is 2.17. The van der Waals surface area contributed by atoms with E-state index in [9.17, 15) is 0 Å². The highest BCUT2D eigenvalue weighted by atomic mass is 15.1. The van der Waals surface area contributed by atoms with Crippen LogP contribution in [-0.2, 0) is 6.42 Å². The van der Waals surface area contributed by atoms with Crippen LogP contribution in [0, 0.1) is 12.8 Å². The number of allylic oxidation sites excluding steroid dienone is 1. The number of nitrogens with one attached hydrogen (secondary N) is 1. The molecule has 3 rings (SSSR count). The van der Waals surface area contributed by atoms with Gasteiger partial charge in [-0.2, -0.15) is 0 Å². The summed E-state index contributed by atoms with van der Waals surface area (Å²) >= 11 is 0. The van der Waals surface area contributed by atoms with E-state index in [1.54, 1.807) is 0 Å². The van der Waals surface area contributed by atoms with Crippen LogP contribution in [0.3, 0.4) is 0 Å². The molecule has 0 bridgehead atoms. The fourth-order valence-corrected chi connectivity index (χ4v) is 2.49. The van der Waals surface area contributed by atoms with E-state index in [1.807, 2.05) is 12.3 Å². The lowest BCUT2D eigenvalue weighted by molar-refractivity contribution is 0.592. The summed E-state index contributed by atoms with van der Waals surface area (Å²) in [6.07, 6.45) is 11.3. The molecule has 0 spiro atoms. The van der Waals surface area contributed by atoms with E-state index >= 15 is 0 Å². The van der Waals surface area contributed by atoms with Crippen LogP contribution in [0.4, 0.5) is 5.95 Å². The van der Waals surface area contributed by atoms with E-state index in [0.29, 0.717) is 11.9 Å². The predicted molar refractivity (Wildman–Crippen MR) is 77.2 cm³/mol. The van der Waals surface area contributed by atoms with E-state index in [-0.39, 0.29) is 6.04 Å². The maximum absolute atomic E-state index is 4.46. The molecule has 0 radical (unpaired) electrons. The first-order valence-corrected chi connectivity index (χ1v) is 6.78. The smallest absolute Gasteiger partial charge is 0.226 e. The SMILES string of the molecule is Cc1cccnc1CC1C=CC(Nc2ncncn2)C1. The van der Waals surface area contributed by atoms with Crippen molar-refractivity contribution in [2.24, 2.45) is 5.92 Å². The van der Waals surface area contributed by atoms with Crippen molar-refractivity contribution in [3.8, 4) is 0 Å². The van der Waals surface area contributed by atoms with E-state index in [1.165, 1.54) is 23.9 Å². The quantitative estimate of drug-likeness (QED) is 0.860. The molecule has 0 aliphatic heterocycles. The van der Waals surface area contributed by atoms with Gasteiger partial charge in [0.1, 0.15) is 12.7 Å². The molecule has 2 aromatic rings. The van der Waals surface area contributed by atoms with Crippen molar-refractivity contribution in [1.29, 1.82) is 0 Å². The summed E-state index contributed by atoms with van der Waals surface area (Å²) in [5.74, 6) is 1.15. The van der Waals surface area contributed by atoms with Gasteiger partial charge in [-0.1, -0.05) is 18.2 Å². The van der Waals surface area contributed by atoms with Crippen LogP contribution in [0.5, 0.6) is 0 Å². The van der Waals surface area contributed by atoms with Crippen molar-refractivity contribution in [1.82, 2.24) is 19.9 Å². The topological polar surface area (TPSA) is 63.6 Å². The first-order chi connectivity index (χ1) is 9.81. The second kappa shape index (κ2) is 5.77. The summed E-state index contributed by atoms with van der Waals surface area (Å²) in [7, 11) is 0. The molecule has 2 heterocycles. The lowest BCUT2D eigenvalue weighted by atomic mass is 9.99. The number of aromatic nitrogens is 4. The highest BCUT2D eigenvalue weighted by Gasteiger charge is 2.20. The van der Waals surface area contributed by atoms with Gasteiger partial charge in [-0.25, -0.2) is 15.0 Å². The van der Waals surface area contributed by atoms with Gasteiger partial charge in [0, 0.05) is 17.9 Å². The zero-order valence-electron chi connectivity index (χ0n) is 11.4. The molecule has 2 aromatic heterocycles. The molecular weight excluding hydrogens is 250 g/mol. The van der Waals surface area contributed by atoms with Gasteiger partial charge in [0.05, 0.1) is 0 Å². The van der Waals surface area contributed by atoms with Crippen LogP contribution in [0.15, 0.2) is 43.1 Å². The van der Waals surface area contributed by atoms with Crippen molar-refractivity contribution in [2.75, 3.05) is 5.32 Å². The van der Waals surface area contributed by atoms with Crippen LogP contribution in [0.25, 0.3) is 0 Å². The lowest BCUT2D eigenvalue weighted by Crippen LogP contribution is -2.18. The Morgan fingerprint density at radius 1 is 1.20 bits per heavy atom. The van der Waals surface area contributed by atoms with E-state index in [2.05, 4.69) is 50.4 Å². The molecule has 2 unspecified atom stereocenters. The zero-order valence-corrected chi connectivity index (χ0v) is 11.4. The Hall–Kier alpha value is -2.30. The monoisotopic (exact) mass is 267 g/mol. The summed E-state index contributed by atoms with van der Waals surface area (Å²) in [6, 6.07) is 4.38. The van der Waals surface area contributed by atoms with Crippen LogP contribution in [-0.4, -0.2) is 26.0 Å². The lowest BCUT2D eigenvalue weighted by Gasteiger charge is -2.14. The number of hydrogen-bond donors (Lipinski definition) is 1. The number of anilines is 1. The minimum Gasteiger partial charge on any atom is -0.348 e. The van der Waals surface area contributed by atoms with Gasteiger partial charge in [0.2, 0.25) is 5.95 Å². The Labute approximate surface area is 118 Å². The number of pyridine rings is 1. The Morgan fingerprint density at radius 2 is 2.05 bits per heavy atom. The molecule has 5 heteroatoms.